The van der Waals surface area contributed by atoms with E-state index >= 15 is 0 Å². The van der Waals surface area contributed by atoms with Crippen LogP contribution < -0.4 is 0 Å². The Morgan fingerprint density at radius 2 is 1.08 bits per heavy atom. The number of unbranched alkanes of at least 4 members (excludes halogenated alkanes) is 19. The van der Waals surface area contributed by atoms with Crippen LogP contribution >= 0.6 is 0 Å². The van der Waals surface area contributed by atoms with Gasteiger partial charge in [0.1, 0.15) is 31.0 Å². The zero-order valence-electron chi connectivity index (χ0n) is 30.9. The van der Waals surface area contributed by atoms with Crippen molar-refractivity contribution in [1.29, 1.82) is 0 Å². The highest BCUT2D eigenvalue weighted by molar-refractivity contribution is 5.70. The molecule has 10 heteroatoms. The second-order valence-electron chi connectivity index (χ2n) is 13.7. The first-order valence-corrected chi connectivity index (χ1v) is 19.8. The maximum atomic E-state index is 12.7. The average Bonchev–Trinajstić information content (AvgIpc) is 3.10. The fraction of sp³-hybridized carbons (Fsp3) is 0.897. The number of ether oxygens (including phenoxy) is 4. The smallest absolute Gasteiger partial charge is 0.306 e. The number of aliphatic hydroxyl groups excluding tert-OH is 4. The third-order valence-electron chi connectivity index (χ3n) is 9.15. The molecule has 1 aliphatic heterocycles. The molecular weight excluding hydrogens is 628 g/mol. The number of carbonyl (C=O) groups is 2. The van der Waals surface area contributed by atoms with Gasteiger partial charge in [0.25, 0.3) is 0 Å². The Labute approximate surface area is 297 Å². The standard InChI is InChI=1S/C39H72O10/c1-3-5-7-9-11-13-15-16-18-19-21-23-25-27-34(41)46-30-32(31-47-39-38(45)37(44)36(43)33(29-40)49-39)48-35(42)28-26-24-22-20-17-14-12-10-8-6-4-2/h16,18,32-33,36-40,43-45H,3-15,17,19-31H2,1-2H3/b18-16+/t32-,33-,36+,37?,38?,39-/m0/s1. The van der Waals surface area contributed by atoms with E-state index in [-0.39, 0.29) is 26.1 Å². The zero-order valence-corrected chi connectivity index (χ0v) is 30.9. The molecule has 2 unspecified atom stereocenters. The molecule has 1 saturated heterocycles. The van der Waals surface area contributed by atoms with Crippen LogP contribution in [0.4, 0.5) is 0 Å². The summed E-state index contributed by atoms with van der Waals surface area (Å²) in [5.74, 6) is -0.822. The van der Waals surface area contributed by atoms with Crippen LogP contribution in [0.1, 0.15) is 168 Å². The quantitative estimate of drug-likeness (QED) is 0.0322. The van der Waals surface area contributed by atoms with Crippen LogP contribution in [-0.2, 0) is 28.5 Å². The van der Waals surface area contributed by atoms with Gasteiger partial charge in [-0.15, -0.1) is 0 Å². The maximum Gasteiger partial charge on any atom is 0.306 e. The molecule has 49 heavy (non-hydrogen) atoms. The fourth-order valence-corrected chi connectivity index (χ4v) is 5.95. The molecule has 10 nitrogen and oxygen atoms in total. The third kappa shape index (κ3) is 23.5. The van der Waals surface area contributed by atoms with Crippen molar-refractivity contribution in [2.45, 2.75) is 205 Å². The fourth-order valence-electron chi connectivity index (χ4n) is 5.95. The van der Waals surface area contributed by atoms with Crippen molar-refractivity contribution in [1.82, 2.24) is 0 Å². The van der Waals surface area contributed by atoms with Crippen molar-refractivity contribution in [3.05, 3.63) is 12.2 Å². The van der Waals surface area contributed by atoms with Crippen LogP contribution in [0.15, 0.2) is 12.2 Å². The Morgan fingerprint density at radius 1 is 0.612 bits per heavy atom. The summed E-state index contributed by atoms with van der Waals surface area (Å²) in [5.41, 5.74) is 0. The molecule has 288 valence electrons. The van der Waals surface area contributed by atoms with E-state index in [0.29, 0.717) is 12.8 Å². The lowest BCUT2D eigenvalue weighted by atomic mass is 9.99. The van der Waals surface area contributed by atoms with Crippen molar-refractivity contribution in [3.8, 4) is 0 Å². The highest BCUT2D eigenvalue weighted by Gasteiger charge is 2.44. The number of aliphatic hydroxyl groups is 4. The molecule has 0 spiro atoms. The summed E-state index contributed by atoms with van der Waals surface area (Å²) in [7, 11) is 0. The van der Waals surface area contributed by atoms with Crippen LogP contribution in [0, 0.1) is 0 Å². The largest absolute Gasteiger partial charge is 0.462 e. The van der Waals surface area contributed by atoms with E-state index in [1.54, 1.807) is 0 Å². The van der Waals surface area contributed by atoms with E-state index < -0.39 is 55.4 Å². The van der Waals surface area contributed by atoms with Gasteiger partial charge in [-0.1, -0.05) is 129 Å². The summed E-state index contributed by atoms with van der Waals surface area (Å²) in [6.07, 6.45) is 22.2. The summed E-state index contributed by atoms with van der Waals surface area (Å²) in [4.78, 5) is 25.1. The van der Waals surface area contributed by atoms with Crippen LogP contribution in [0.3, 0.4) is 0 Å². The predicted octanol–water partition coefficient (Wildman–Crippen LogP) is 7.22. The van der Waals surface area contributed by atoms with Gasteiger partial charge < -0.3 is 39.4 Å². The topological polar surface area (TPSA) is 152 Å². The minimum absolute atomic E-state index is 0.221. The van der Waals surface area contributed by atoms with E-state index in [2.05, 4.69) is 26.0 Å². The van der Waals surface area contributed by atoms with Crippen molar-refractivity contribution in [2.75, 3.05) is 19.8 Å². The van der Waals surface area contributed by atoms with Crippen LogP contribution in [0.5, 0.6) is 0 Å². The lowest BCUT2D eigenvalue weighted by Crippen LogP contribution is -2.59. The van der Waals surface area contributed by atoms with Gasteiger partial charge in [0.2, 0.25) is 0 Å². The van der Waals surface area contributed by atoms with Gasteiger partial charge in [0, 0.05) is 12.8 Å². The SMILES string of the molecule is CCCCCCCC/C=C/CCCCCC(=O)OC[C@@H](CO[C@H]1O[C@@H](CO)[C@@H](O)C(O)C1O)OC(=O)CCCCCCCCCCCCC. The van der Waals surface area contributed by atoms with E-state index in [9.17, 15) is 30.0 Å². The molecule has 0 bridgehead atoms. The molecule has 0 aromatic carbocycles. The molecule has 1 heterocycles. The monoisotopic (exact) mass is 701 g/mol. The number of hydrogen-bond donors (Lipinski definition) is 4. The molecule has 0 aliphatic carbocycles. The minimum atomic E-state index is -1.59. The van der Waals surface area contributed by atoms with Gasteiger partial charge >= 0.3 is 11.9 Å². The Balaban J connectivity index is 2.40. The molecule has 0 aromatic rings. The molecule has 1 fully saturated rings. The highest BCUT2D eigenvalue weighted by Crippen LogP contribution is 2.22. The molecule has 0 saturated carbocycles. The summed E-state index contributed by atoms with van der Waals surface area (Å²) in [5, 5.41) is 39.9. The van der Waals surface area contributed by atoms with Gasteiger partial charge in [-0.05, 0) is 38.5 Å². The van der Waals surface area contributed by atoms with Crippen LogP contribution in [-0.4, -0.2) is 89.0 Å². The predicted molar refractivity (Wildman–Crippen MR) is 192 cm³/mol. The number of esters is 2. The number of carbonyl (C=O) groups excluding carboxylic acids is 2. The average molecular weight is 701 g/mol. The molecule has 0 radical (unpaired) electrons. The Morgan fingerprint density at radius 3 is 1.61 bits per heavy atom. The summed E-state index contributed by atoms with van der Waals surface area (Å²) >= 11 is 0. The first-order valence-electron chi connectivity index (χ1n) is 19.8. The molecule has 1 aliphatic rings. The molecule has 4 N–H and O–H groups in total. The van der Waals surface area contributed by atoms with E-state index in [1.807, 2.05) is 0 Å². The Bertz CT molecular complexity index is 820. The van der Waals surface area contributed by atoms with Gasteiger partial charge in [-0.25, -0.2) is 0 Å². The number of allylic oxidation sites excluding steroid dienone is 2. The summed E-state index contributed by atoms with van der Waals surface area (Å²) in [6, 6.07) is 0. The lowest BCUT2D eigenvalue weighted by molar-refractivity contribution is -0.305. The van der Waals surface area contributed by atoms with Gasteiger partial charge in [0.05, 0.1) is 13.2 Å². The van der Waals surface area contributed by atoms with Crippen molar-refractivity contribution in [2.24, 2.45) is 0 Å². The molecule has 0 amide bonds. The molecule has 6 atom stereocenters. The molecular formula is C39H72O10. The second-order valence-corrected chi connectivity index (χ2v) is 13.7. The minimum Gasteiger partial charge on any atom is -0.462 e. The molecule has 1 rings (SSSR count). The first kappa shape index (κ1) is 45.5. The van der Waals surface area contributed by atoms with Gasteiger partial charge in [-0.2, -0.15) is 0 Å². The lowest BCUT2D eigenvalue weighted by Gasteiger charge is -2.39. The van der Waals surface area contributed by atoms with Crippen LogP contribution in [0.2, 0.25) is 0 Å². The summed E-state index contributed by atoms with van der Waals surface area (Å²) < 4.78 is 22.0. The van der Waals surface area contributed by atoms with E-state index in [1.165, 1.54) is 83.5 Å². The van der Waals surface area contributed by atoms with Crippen molar-refractivity contribution in [3.63, 3.8) is 0 Å². The van der Waals surface area contributed by atoms with Crippen LogP contribution in [0.25, 0.3) is 0 Å². The van der Waals surface area contributed by atoms with E-state index in [4.69, 9.17) is 18.9 Å². The van der Waals surface area contributed by atoms with E-state index in [0.717, 1.165) is 44.9 Å². The Hall–Kier alpha value is -1.56. The number of hydrogen-bond acceptors (Lipinski definition) is 10. The second kappa shape index (κ2) is 31.2. The Kier molecular flexibility index (Phi) is 28.9. The van der Waals surface area contributed by atoms with Crippen molar-refractivity contribution >= 4 is 11.9 Å². The van der Waals surface area contributed by atoms with Crippen molar-refractivity contribution < 1.29 is 49.0 Å². The summed E-state index contributed by atoms with van der Waals surface area (Å²) in [6.45, 7) is 3.38. The number of rotatable bonds is 32. The first-order chi connectivity index (χ1) is 23.8. The maximum absolute atomic E-state index is 12.7. The highest BCUT2D eigenvalue weighted by atomic mass is 16.7. The molecule has 0 aromatic heterocycles. The zero-order chi connectivity index (χ0) is 36.0. The third-order valence-corrected chi connectivity index (χ3v) is 9.15. The normalized spacial score (nSPS) is 21.6. The van der Waals surface area contributed by atoms with Gasteiger partial charge in [-0.3, -0.25) is 9.59 Å². The van der Waals surface area contributed by atoms with Gasteiger partial charge in [0.15, 0.2) is 12.4 Å².